The van der Waals surface area contributed by atoms with Gasteiger partial charge in [-0.2, -0.15) is 0 Å². The third kappa shape index (κ3) is 3.87. The predicted molar refractivity (Wildman–Crippen MR) is 101 cm³/mol. The molecule has 0 aromatic carbocycles. The van der Waals surface area contributed by atoms with Gasteiger partial charge in [0, 0.05) is 13.0 Å². The summed E-state index contributed by atoms with van der Waals surface area (Å²) < 4.78 is 30.3. The van der Waals surface area contributed by atoms with E-state index in [2.05, 4.69) is 6.92 Å². The zero-order chi connectivity index (χ0) is 20.7. The Morgan fingerprint density at radius 3 is 2.61 bits per heavy atom. The summed E-state index contributed by atoms with van der Waals surface area (Å²) in [4.78, 5) is 12.6. The molecule has 7 heteroatoms. The van der Waals surface area contributed by atoms with Crippen LogP contribution in [0.4, 0.5) is 0 Å². The highest BCUT2D eigenvalue weighted by molar-refractivity contribution is 5.75. The minimum absolute atomic E-state index is 0.352. The Kier molecular flexibility index (Phi) is 5.96. The zero-order valence-corrected chi connectivity index (χ0v) is 17.8. The molecule has 7 nitrogen and oxygen atoms in total. The van der Waals surface area contributed by atoms with Crippen molar-refractivity contribution in [1.29, 1.82) is 0 Å². The molecule has 3 unspecified atom stereocenters. The summed E-state index contributed by atoms with van der Waals surface area (Å²) in [5, 5.41) is 11.0. The summed E-state index contributed by atoms with van der Waals surface area (Å²) in [6, 6.07) is 0. The molecule has 0 bridgehead atoms. The van der Waals surface area contributed by atoms with Crippen LogP contribution in [0, 0.1) is 5.41 Å². The second-order valence-electron chi connectivity index (χ2n) is 9.34. The van der Waals surface area contributed by atoms with Crippen molar-refractivity contribution in [2.75, 3.05) is 6.61 Å². The highest BCUT2D eigenvalue weighted by atomic mass is 16.8. The molecule has 2 fully saturated rings. The van der Waals surface area contributed by atoms with Gasteiger partial charge < -0.3 is 28.8 Å². The minimum atomic E-state index is -1.27. The van der Waals surface area contributed by atoms with Gasteiger partial charge in [0.25, 0.3) is 0 Å². The molecule has 0 amide bonds. The molecule has 3 aliphatic rings. The number of aliphatic hydroxyl groups excluding tert-OH is 1. The summed E-state index contributed by atoms with van der Waals surface area (Å²) in [5.41, 5.74) is -1.94. The first-order chi connectivity index (χ1) is 13.0. The Morgan fingerprint density at radius 2 is 1.96 bits per heavy atom. The lowest BCUT2D eigenvalue weighted by molar-refractivity contribution is -0.284. The Hall–Kier alpha value is -0.990. The fourth-order valence-electron chi connectivity index (χ4n) is 3.96. The van der Waals surface area contributed by atoms with Gasteiger partial charge in [0.2, 0.25) is 0 Å². The van der Waals surface area contributed by atoms with Crippen molar-refractivity contribution in [3.8, 4) is 0 Å². The Balaban J connectivity index is 1.93. The molecule has 1 spiro atoms. The first kappa shape index (κ1) is 21.7. The average Bonchev–Trinajstić information content (AvgIpc) is 3.02. The molecule has 2 heterocycles. The molecule has 160 valence electrons. The van der Waals surface area contributed by atoms with Crippen LogP contribution in [-0.2, 0) is 28.5 Å². The van der Waals surface area contributed by atoms with Crippen molar-refractivity contribution < 1.29 is 33.6 Å². The van der Waals surface area contributed by atoms with Crippen molar-refractivity contribution in [2.45, 2.75) is 103 Å². The van der Waals surface area contributed by atoms with Gasteiger partial charge in [-0.05, 0) is 41.0 Å². The highest BCUT2D eigenvalue weighted by Crippen LogP contribution is 2.49. The molecule has 3 rings (SSSR count). The molecule has 0 radical (unpaired) electrons. The fourth-order valence-corrected chi connectivity index (χ4v) is 3.96. The van der Waals surface area contributed by atoms with E-state index in [1.54, 1.807) is 26.8 Å². The lowest BCUT2D eigenvalue weighted by Gasteiger charge is -2.45. The van der Waals surface area contributed by atoms with Gasteiger partial charge in [0.1, 0.15) is 24.4 Å². The number of carbonyl (C=O) groups is 1. The number of ether oxygens (including phenoxy) is 5. The van der Waals surface area contributed by atoms with Crippen LogP contribution in [0.3, 0.4) is 0 Å². The van der Waals surface area contributed by atoms with E-state index in [-0.39, 0.29) is 5.97 Å². The van der Waals surface area contributed by atoms with Gasteiger partial charge in [0.15, 0.2) is 17.7 Å². The van der Waals surface area contributed by atoms with Crippen molar-refractivity contribution in [2.24, 2.45) is 5.41 Å². The van der Waals surface area contributed by atoms with E-state index in [0.29, 0.717) is 13.0 Å². The number of rotatable bonds is 5. The van der Waals surface area contributed by atoms with Crippen molar-refractivity contribution in [1.82, 2.24) is 0 Å². The second kappa shape index (κ2) is 7.69. The first-order valence-electron chi connectivity index (χ1n) is 10.2. The summed E-state index contributed by atoms with van der Waals surface area (Å²) in [7, 11) is 0. The monoisotopic (exact) mass is 398 g/mol. The lowest BCUT2D eigenvalue weighted by atomic mass is 9.78. The van der Waals surface area contributed by atoms with Crippen molar-refractivity contribution in [3.05, 3.63) is 12.2 Å². The third-order valence-corrected chi connectivity index (χ3v) is 5.44. The zero-order valence-electron chi connectivity index (χ0n) is 17.8. The molecule has 2 saturated heterocycles. The Labute approximate surface area is 167 Å². The molecule has 0 saturated carbocycles. The normalized spacial score (nSPS) is 39.3. The van der Waals surface area contributed by atoms with Crippen LogP contribution >= 0.6 is 0 Å². The van der Waals surface area contributed by atoms with Crippen molar-refractivity contribution >= 4 is 5.97 Å². The molecule has 0 aromatic rings. The summed E-state index contributed by atoms with van der Waals surface area (Å²) in [5.74, 6) is -1.16. The largest absolute Gasteiger partial charge is 0.458 e. The molecular formula is C21H34O7. The standard InChI is InChI=1S/C21H34O7/c1-7-8-12-24-16-15-17(27-20(5,6)26-15)28-21(16)13(22)10-9-11-14(21)25-18(23)19(2,3)4/h9-10,13-17,22H,7-8,11-12H2,1-6H3/t13-,14-,15?,16+,17?,21?/m0/s1. The lowest BCUT2D eigenvalue weighted by Crippen LogP contribution is -2.63. The summed E-state index contributed by atoms with van der Waals surface area (Å²) in [6.07, 6.45) is 2.21. The van der Waals surface area contributed by atoms with Crippen LogP contribution in [0.15, 0.2) is 12.2 Å². The highest BCUT2D eigenvalue weighted by Gasteiger charge is 2.69. The van der Waals surface area contributed by atoms with E-state index in [9.17, 15) is 9.90 Å². The van der Waals surface area contributed by atoms with E-state index < -0.39 is 47.5 Å². The number of esters is 1. The molecular weight excluding hydrogens is 364 g/mol. The maximum atomic E-state index is 12.6. The van der Waals surface area contributed by atoms with Crippen LogP contribution in [-0.4, -0.2) is 59.8 Å². The molecule has 0 aromatic heterocycles. The van der Waals surface area contributed by atoms with Gasteiger partial charge in [-0.15, -0.1) is 0 Å². The summed E-state index contributed by atoms with van der Waals surface area (Å²) in [6.45, 7) is 11.6. The smallest absolute Gasteiger partial charge is 0.311 e. The molecule has 1 aliphatic carbocycles. The van der Waals surface area contributed by atoms with Crippen LogP contribution < -0.4 is 0 Å². The van der Waals surface area contributed by atoms with Gasteiger partial charge in [-0.1, -0.05) is 25.5 Å². The maximum Gasteiger partial charge on any atom is 0.311 e. The van der Waals surface area contributed by atoms with E-state index >= 15 is 0 Å². The molecule has 6 atom stereocenters. The van der Waals surface area contributed by atoms with Crippen LogP contribution in [0.1, 0.15) is 60.8 Å². The Morgan fingerprint density at radius 1 is 1.25 bits per heavy atom. The van der Waals surface area contributed by atoms with Crippen LogP contribution in [0.25, 0.3) is 0 Å². The molecule has 2 aliphatic heterocycles. The van der Waals surface area contributed by atoms with Crippen molar-refractivity contribution in [3.63, 3.8) is 0 Å². The quantitative estimate of drug-likeness (QED) is 0.433. The fraction of sp³-hybridized carbons (Fsp3) is 0.857. The summed E-state index contributed by atoms with van der Waals surface area (Å²) >= 11 is 0. The van der Waals surface area contributed by atoms with Gasteiger partial charge >= 0.3 is 5.97 Å². The SMILES string of the molecule is CCCCO[C@@H]1C2OC(C)(C)OC2OC12[C@@H](OC(=O)C(C)(C)C)CC=C[C@@H]2O. The van der Waals surface area contributed by atoms with Gasteiger partial charge in [0.05, 0.1) is 5.41 Å². The Bertz CT molecular complexity index is 608. The van der Waals surface area contributed by atoms with E-state index in [0.717, 1.165) is 12.8 Å². The van der Waals surface area contributed by atoms with Crippen LogP contribution in [0.2, 0.25) is 0 Å². The number of aliphatic hydroxyl groups is 1. The van der Waals surface area contributed by atoms with Gasteiger partial charge in [-0.25, -0.2) is 0 Å². The van der Waals surface area contributed by atoms with Crippen LogP contribution in [0.5, 0.6) is 0 Å². The second-order valence-corrected chi connectivity index (χ2v) is 9.34. The number of hydrogen-bond donors (Lipinski definition) is 1. The maximum absolute atomic E-state index is 12.6. The average molecular weight is 398 g/mol. The third-order valence-electron chi connectivity index (χ3n) is 5.44. The predicted octanol–water partition coefficient (Wildman–Crippen LogP) is 2.70. The van der Waals surface area contributed by atoms with E-state index in [1.807, 2.05) is 19.9 Å². The first-order valence-corrected chi connectivity index (χ1v) is 10.2. The number of hydrogen-bond acceptors (Lipinski definition) is 7. The number of carbonyl (C=O) groups excluding carboxylic acids is 1. The molecule has 1 N–H and O–H groups in total. The number of unbranched alkanes of at least 4 members (excludes halogenated alkanes) is 1. The van der Waals surface area contributed by atoms with E-state index in [1.165, 1.54) is 0 Å². The minimum Gasteiger partial charge on any atom is -0.458 e. The van der Waals surface area contributed by atoms with Gasteiger partial charge in [-0.3, -0.25) is 4.79 Å². The molecule has 28 heavy (non-hydrogen) atoms. The number of fused-ring (bicyclic) bond motifs is 1. The topological polar surface area (TPSA) is 83.5 Å². The van der Waals surface area contributed by atoms with E-state index in [4.69, 9.17) is 23.7 Å².